The van der Waals surface area contributed by atoms with E-state index in [-0.39, 0.29) is 0 Å². The highest BCUT2D eigenvalue weighted by Gasteiger charge is 2.02. The van der Waals surface area contributed by atoms with E-state index >= 15 is 0 Å². The van der Waals surface area contributed by atoms with Gasteiger partial charge in [0.2, 0.25) is 5.28 Å². The van der Waals surface area contributed by atoms with Gasteiger partial charge in [-0.25, -0.2) is 9.97 Å². The van der Waals surface area contributed by atoms with Crippen LogP contribution in [0.25, 0.3) is 0 Å². The summed E-state index contributed by atoms with van der Waals surface area (Å²) in [4.78, 5) is 8.12. The topological polar surface area (TPSA) is 25.8 Å². The molecule has 0 N–H and O–H groups in total. The van der Waals surface area contributed by atoms with Gasteiger partial charge in [-0.2, -0.15) is 0 Å². The molecule has 2 nitrogen and oxygen atoms in total. The molecule has 0 aliphatic carbocycles. The van der Waals surface area contributed by atoms with Gasteiger partial charge in [-0.15, -0.1) is 0 Å². The average Bonchev–Trinajstić information content (AvgIpc) is 1.81. The standard InChI is InChI=1S/C9H13ClN2/c1-6(2)4-8-5-7(3)11-9(10)12-8/h5-6H,4H2,1-3H3. The van der Waals surface area contributed by atoms with Gasteiger partial charge in [-0.3, -0.25) is 0 Å². The molecule has 0 saturated carbocycles. The van der Waals surface area contributed by atoms with Crippen molar-refractivity contribution in [2.75, 3.05) is 0 Å². The third-order valence-electron chi connectivity index (χ3n) is 1.50. The Kier molecular flexibility index (Phi) is 3.04. The molecule has 1 aromatic rings. The number of rotatable bonds is 2. The van der Waals surface area contributed by atoms with Gasteiger partial charge in [0.15, 0.2) is 0 Å². The van der Waals surface area contributed by atoms with E-state index in [0.717, 1.165) is 17.8 Å². The molecule has 0 spiro atoms. The normalized spacial score (nSPS) is 10.8. The minimum absolute atomic E-state index is 0.352. The van der Waals surface area contributed by atoms with E-state index in [0.29, 0.717) is 11.2 Å². The minimum atomic E-state index is 0.352. The van der Waals surface area contributed by atoms with E-state index in [1.165, 1.54) is 0 Å². The van der Waals surface area contributed by atoms with Gasteiger partial charge in [0.05, 0.1) is 0 Å². The predicted molar refractivity (Wildman–Crippen MR) is 50.3 cm³/mol. The predicted octanol–water partition coefficient (Wildman–Crippen LogP) is 2.64. The molecular formula is C9H13ClN2. The molecule has 0 fully saturated rings. The third-order valence-corrected chi connectivity index (χ3v) is 1.67. The lowest BCUT2D eigenvalue weighted by Crippen LogP contribution is -1.99. The molecule has 1 aromatic heterocycles. The molecule has 0 aliphatic rings. The smallest absolute Gasteiger partial charge is 0.222 e. The van der Waals surface area contributed by atoms with Crippen LogP contribution in [0.15, 0.2) is 6.07 Å². The summed E-state index contributed by atoms with van der Waals surface area (Å²) in [6.45, 7) is 6.24. The molecule has 0 unspecified atom stereocenters. The van der Waals surface area contributed by atoms with Gasteiger partial charge >= 0.3 is 0 Å². The molecule has 0 saturated heterocycles. The zero-order chi connectivity index (χ0) is 9.14. The van der Waals surface area contributed by atoms with Crippen LogP contribution in [0, 0.1) is 12.8 Å². The summed E-state index contributed by atoms with van der Waals surface area (Å²) >= 11 is 5.71. The first-order valence-corrected chi connectivity index (χ1v) is 4.46. The maximum atomic E-state index is 5.71. The zero-order valence-corrected chi connectivity index (χ0v) is 8.39. The van der Waals surface area contributed by atoms with Crippen LogP contribution in [-0.4, -0.2) is 9.97 Å². The summed E-state index contributed by atoms with van der Waals surface area (Å²) in [7, 11) is 0. The van der Waals surface area contributed by atoms with Crippen molar-refractivity contribution < 1.29 is 0 Å². The van der Waals surface area contributed by atoms with Crippen molar-refractivity contribution in [3.63, 3.8) is 0 Å². The first kappa shape index (κ1) is 9.46. The summed E-state index contributed by atoms with van der Waals surface area (Å²) in [5.74, 6) is 0.607. The van der Waals surface area contributed by atoms with Crippen LogP contribution >= 0.6 is 11.6 Å². The Labute approximate surface area is 78.0 Å². The Morgan fingerprint density at radius 2 is 2.08 bits per heavy atom. The van der Waals surface area contributed by atoms with Crippen LogP contribution in [0.2, 0.25) is 5.28 Å². The van der Waals surface area contributed by atoms with E-state index < -0.39 is 0 Å². The molecular weight excluding hydrogens is 172 g/mol. The van der Waals surface area contributed by atoms with E-state index in [1.807, 2.05) is 13.0 Å². The van der Waals surface area contributed by atoms with E-state index in [4.69, 9.17) is 11.6 Å². The molecule has 66 valence electrons. The zero-order valence-electron chi connectivity index (χ0n) is 7.63. The number of hydrogen-bond donors (Lipinski definition) is 0. The molecule has 0 aliphatic heterocycles. The summed E-state index contributed by atoms with van der Waals surface area (Å²) in [5, 5.41) is 0.352. The molecule has 12 heavy (non-hydrogen) atoms. The number of hydrogen-bond acceptors (Lipinski definition) is 2. The van der Waals surface area contributed by atoms with Crippen molar-refractivity contribution in [1.82, 2.24) is 9.97 Å². The maximum absolute atomic E-state index is 5.71. The van der Waals surface area contributed by atoms with Crippen LogP contribution in [0.3, 0.4) is 0 Å². The minimum Gasteiger partial charge on any atom is -0.223 e. The first-order valence-electron chi connectivity index (χ1n) is 4.08. The summed E-state index contributed by atoms with van der Waals surface area (Å²) in [6, 6.07) is 1.98. The van der Waals surface area contributed by atoms with Gasteiger partial charge in [-0.05, 0) is 36.9 Å². The Morgan fingerprint density at radius 1 is 1.42 bits per heavy atom. The second-order valence-corrected chi connectivity index (χ2v) is 3.71. The highest BCUT2D eigenvalue weighted by atomic mass is 35.5. The van der Waals surface area contributed by atoms with E-state index in [2.05, 4.69) is 23.8 Å². The van der Waals surface area contributed by atoms with Crippen molar-refractivity contribution in [3.8, 4) is 0 Å². The largest absolute Gasteiger partial charge is 0.223 e. The van der Waals surface area contributed by atoms with Crippen molar-refractivity contribution in [1.29, 1.82) is 0 Å². The highest BCUT2D eigenvalue weighted by Crippen LogP contribution is 2.09. The highest BCUT2D eigenvalue weighted by molar-refractivity contribution is 6.28. The first-order chi connectivity index (χ1) is 5.58. The third kappa shape index (κ3) is 2.78. The van der Waals surface area contributed by atoms with Crippen LogP contribution in [0.5, 0.6) is 0 Å². The summed E-state index contributed by atoms with van der Waals surface area (Å²) in [5.41, 5.74) is 1.97. The van der Waals surface area contributed by atoms with Crippen molar-refractivity contribution in [2.45, 2.75) is 27.2 Å². The van der Waals surface area contributed by atoms with Crippen molar-refractivity contribution >= 4 is 11.6 Å². The van der Waals surface area contributed by atoms with Crippen molar-refractivity contribution in [2.24, 2.45) is 5.92 Å². The molecule has 1 rings (SSSR count). The second kappa shape index (κ2) is 3.85. The molecule has 0 radical (unpaired) electrons. The van der Waals surface area contributed by atoms with E-state index in [1.54, 1.807) is 0 Å². The summed E-state index contributed by atoms with van der Waals surface area (Å²) < 4.78 is 0. The van der Waals surface area contributed by atoms with Gasteiger partial charge < -0.3 is 0 Å². The van der Waals surface area contributed by atoms with Crippen LogP contribution in [0.4, 0.5) is 0 Å². The Morgan fingerprint density at radius 3 is 2.58 bits per heavy atom. The molecule has 1 heterocycles. The van der Waals surface area contributed by atoms with Gasteiger partial charge in [0.25, 0.3) is 0 Å². The Balaban J connectivity index is 2.85. The fraction of sp³-hybridized carbons (Fsp3) is 0.556. The summed E-state index contributed by atoms with van der Waals surface area (Å²) in [6.07, 6.45) is 0.961. The average molecular weight is 185 g/mol. The lowest BCUT2D eigenvalue weighted by Gasteiger charge is -2.04. The molecule has 0 amide bonds. The fourth-order valence-electron chi connectivity index (χ4n) is 1.12. The van der Waals surface area contributed by atoms with Crippen LogP contribution < -0.4 is 0 Å². The number of aromatic nitrogens is 2. The number of halogens is 1. The monoisotopic (exact) mass is 184 g/mol. The quantitative estimate of drug-likeness (QED) is 0.661. The van der Waals surface area contributed by atoms with Crippen LogP contribution in [-0.2, 0) is 6.42 Å². The SMILES string of the molecule is Cc1cc(CC(C)C)nc(Cl)n1. The molecule has 3 heteroatoms. The van der Waals surface area contributed by atoms with Gasteiger partial charge in [0.1, 0.15) is 0 Å². The second-order valence-electron chi connectivity index (χ2n) is 3.37. The molecule has 0 aromatic carbocycles. The Bertz CT molecular complexity index is 251. The number of aryl methyl sites for hydroxylation is 1. The lowest BCUT2D eigenvalue weighted by molar-refractivity contribution is 0.633. The van der Waals surface area contributed by atoms with E-state index in [9.17, 15) is 0 Å². The Hall–Kier alpha value is -0.630. The van der Waals surface area contributed by atoms with Gasteiger partial charge in [0, 0.05) is 11.4 Å². The maximum Gasteiger partial charge on any atom is 0.222 e. The number of nitrogens with zero attached hydrogens (tertiary/aromatic N) is 2. The van der Waals surface area contributed by atoms with Crippen molar-refractivity contribution in [3.05, 3.63) is 22.7 Å². The fourth-order valence-corrected chi connectivity index (χ4v) is 1.36. The molecule has 0 atom stereocenters. The molecule has 0 bridgehead atoms. The van der Waals surface area contributed by atoms with Crippen LogP contribution in [0.1, 0.15) is 25.2 Å². The lowest BCUT2D eigenvalue weighted by atomic mass is 10.1. The van der Waals surface area contributed by atoms with Gasteiger partial charge in [-0.1, -0.05) is 13.8 Å².